The minimum Gasteiger partial charge on any atom is -0.497 e. The van der Waals surface area contributed by atoms with Crippen molar-refractivity contribution in [2.24, 2.45) is 0 Å². The topological polar surface area (TPSA) is 114 Å². The molecule has 1 amide bonds. The van der Waals surface area contributed by atoms with Crippen LogP contribution in [-0.2, 0) is 6.54 Å². The highest BCUT2D eigenvalue weighted by Gasteiger charge is 2.42. The van der Waals surface area contributed by atoms with Gasteiger partial charge >= 0.3 is 0 Å². The first-order chi connectivity index (χ1) is 15.6. The van der Waals surface area contributed by atoms with Crippen molar-refractivity contribution >= 4 is 11.6 Å². The SMILES string of the molecule is COc1ccc(-c2n[nH]c3c2C(c2ccc([N+](=O)[O-])cc2)N(Cc2ccco2)C3=O)cc1. The maximum absolute atomic E-state index is 13.3. The number of nitrogens with one attached hydrogen (secondary N) is 1. The number of rotatable bonds is 6. The van der Waals surface area contributed by atoms with Gasteiger partial charge in [0.05, 0.1) is 36.6 Å². The van der Waals surface area contributed by atoms with E-state index in [4.69, 9.17) is 9.15 Å². The molecule has 1 N–H and O–H groups in total. The molecule has 3 heterocycles. The van der Waals surface area contributed by atoms with Crippen molar-refractivity contribution in [2.45, 2.75) is 12.6 Å². The lowest BCUT2D eigenvalue weighted by molar-refractivity contribution is -0.384. The summed E-state index contributed by atoms with van der Waals surface area (Å²) >= 11 is 0. The third-order valence-electron chi connectivity index (χ3n) is 5.55. The van der Waals surface area contributed by atoms with Crippen LogP contribution in [-0.4, -0.2) is 33.0 Å². The molecule has 1 unspecified atom stereocenters. The van der Waals surface area contributed by atoms with Crippen LogP contribution in [0.5, 0.6) is 5.75 Å². The molecule has 0 bridgehead atoms. The third kappa shape index (κ3) is 3.20. The van der Waals surface area contributed by atoms with Crippen molar-refractivity contribution in [3.8, 4) is 17.0 Å². The van der Waals surface area contributed by atoms with Gasteiger partial charge in [-0.3, -0.25) is 20.0 Å². The molecule has 0 saturated heterocycles. The van der Waals surface area contributed by atoms with E-state index in [0.29, 0.717) is 22.9 Å². The van der Waals surface area contributed by atoms with Gasteiger partial charge in [0.25, 0.3) is 11.6 Å². The Balaban J connectivity index is 1.62. The number of nitrogens with zero attached hydrogens (tertiary/aromatic N) is 3. The minimum atomic E-state index is -0.487. The lowest BCUT2D eigenvalue weighted by Gasteiger charge is -2.25. The summed E-state index contributed by atoms with van der Waals surface area (Å²) in [5.74, 6) is 1.13. The van der Waals surface area contributed by atoms with Crippen LogP contribution >= 0.6 is 0 Å². The number of aromatic nitrogens is 2. The molecule has 5 rings (SSSR count). The van der Waals surface area contributed by atoms with E-state index in [1.807, 2.05) is 24.3 Å². The molecule has 0 fully saturated rings. The van der Waals surface area contributed by atoms with Gasteiger partial charge < -0.3 is 14.1 Å². The zero-order valence-electron chi connectivity index (χ0n) is 17.0. The summed E-state index contributed by atoms with van der Waals surface area (Å²) in [4.78, 5) is 25.7. The second-order valence-corrected chi connectivity index (χ2v) is 7.35. The van der Waals surface area contributed by atoms with E-state index in [-0.39, 0.29) is 18.1 Å². The van der Waals surface area contributed by atoms with Crippen molar-refractivity contribution in [1.82, 2.24) is 15.1 Å². The summed E-state index contributed by atoms with van der Waals surface area (Å²) < 4.78 is 10.7. The lowest BCUT2D eigenvalue weighted by Crippen LogP contribution is -2.28. The summed E-state index contributed by atoms with van der Waals surface area (Å²) in [5, 5.41) is 18.4. The third-order valence-corrected chi connectivity index (χ3v) is 5.55. The Hall–Kier alpha value is -4.40. The van der Waals surface area contributed by atoms with Gasteiger partial charge in [0.15, 0.2) is 0 Å². The Morgan fingerprint density at radius 3 is 2.53 bits per heavy atom. The van der Waals surface area contributed by atoms with Crippen LogP contribution in [0.25, 0.3) is 11.3 Å². The van der Waals surface area contributed by atoms with E-state index in [9.17, 15) is 14.9 Å². The largest absolute Gasteiger partial charge is 0.497 e. The molecule has 9 nitrogen and oxygen atoms in total. The molecule has 4 aromatic rings. The molecule has 32 heavy (non-hydrogen) atoms. The number of ether oxygens (including phenoxy) is 1. The number of carbonyl (C=O) groups excluding carboxylic acids is 1. The highest BCUT2D eigenvalue weighted by Crippen LogP contribution is 2.43. The predicted molar refractivity (Wildman–Crippen MR) is 114 cm³/mol. The number of fused-ring (bicyclic) bond motifs is 1. The van der Waals surface area contributed by atoms with Crippen molar-refractivity contribution < 1.29 is 18.9 Å². The molecule has 0 radical (unpaired) electrons. The maximum atomic E-state index is 13.3. The Morgan fingerprint density at radius 1 is 1.16 bits per heavy atom. The van der Waals surface area contributed by atoms with Gasteiger partial charge in [0.1, 0.15) is 17.2 Å². The molecule has 9 heteroatoms. The summed E-state index contributed by atoms with van der Waals surface area (Å²) in [5.41, 5.74) is 3.30. The number of nitro groups is 1. The fourth-order valence-corrected chi connectivity index (χ4v) is 4.02. The Labute approximate surface area is 182 Å². The van der Waals surface area contributed by atoms with Crippen LogP contribution in [0.15, 0.2) is 71.3 Å². The van der Waals surface area contributed by atoms with Crippen LogP contribution in [0, 0.1) is 10.1 Å². The van der Waals surface area contributed by atoms with Gasteiger partial charge in [-0.1, -0.05) is 0 Å². The number of amides is 1. The summed E-state index contributed by atoms with van der Waals surface area (Å²) in [6.45, 7) is 0.248. The molecule has 1 aliphatic heterocycles. The van der Waals surface area contributed by atoms with Gasteiger partial charge in [0, 0.05) is 23.3 Å². The number of hydrogen-bond acceptors (Lipinski definition) is 6. The van der Waals surface area contributed by atoms with Crippen molar-refractivity contribution in [1.29, 1.82) is 0 Å². The fourth-order valence-electron chi connectivity index (χ4n) is 4.02. The summed E-state index contributed by atoms with van der Waals surface area (Å²) in [6, 6.07) is 16.7. The van der Waals surface area contributed by atoms with Crippen LogP contribution in [0.2, 0.25) is 0 Å². The van der Waals surface area contributed by atoms with Gasteiger partial charge in [-0.15, -0.1) is 0 Å². The molecular weight excluding hydrogens is 412 g/mol. The number of non-ortho nitro benzene ring substituents is 1. The Kier molecular flexibility index (Phi) is 4.70. The van der Waals surface area contributed by atoms with Gasteiger partial charge in [-0.2, -0.15) is 5.10 Å². The number of furan rings is 1. The first-order valence-corrected chi connectivity index (χ1v) is 9.87. The number of nitro benzene ring substituents is 1. The van der Waals surface area contributed by atoms with Crippen LogP contribution < -0.4 is 4.74 Å². The number of benzene rings is 2. The lowest BCUT2D eigenvalue weighted by atomic mass is 9.96. The Morgan fingerprint density at radius 2 is 1.91 bits per heavy atom. The van der Waals surface area contributed by atoms with E-state index in [1.165, 1.54) is 12.1 Å². The molecule has 1 aliphatic rings. The number of methoxy groups -OCH3 is 1. The summed E-state index contributed by atoms with van der Waals surface area (Å²) in [6.07, 6.45) is 1.56. The number of carbonyl (C=O) groups is 1. The van der Waals surface area contributed by atoms with Crippen molar-refractivity contribution in [3.63, 3.8) is 0 Å². The molecule has 0 saturated carbocycles. The average Bonchev–Trinajstić information content (AvgIpc) is 3.54. The van der Waals surface area contributed by atoms with Crippen LogP contribution in [0.1, 0.15) is 33.4 Å². The van der Waals surface area contributed by atoms with Crippen molar-refractivity contribution in [3.05, 3.63) is 99.6 Å². The number of aromatic amines is 1. The standard InChI is InChI=1S/C23H18N4O5/c1-31-17-10-6-14(7-11-17)20-19-21(25-24-20)23(28)26(13-18-3-2-12-32-18)22(19)15-4-8-16(9-5-15)27(29)30/h2-12,22H,13H2,1H3,(H,24,25). The monoisotopic (exact) mass is 430 g/mol. The molecule has 160 valence electrons. The second-order valence-electron chi connectivity index (χ2n) is 7.35. The zero-order valence-corrected chi connectivity index (χ0v) is 17.0. The quantitative estimate of drug-likeness (QED) is 0.360. The van der Waals surface area contributed by atoms with Crippen LogP contribution in [0.3, 0.4) is 0 Å². The van der Waals surface area contributed by atoms with E-state index in [2.05, 4.69) is 10.2 Å². The van der Waals surface area contributed by atoms with Gasteiger partial charge in [-0.05, 0) is 54.1 Å². The highest BCUT2D eigenvalue weighted by molar-refractivity contribution is 6.00. The molecule has 0 spiro atoms. The Bertz CT molecular complexity index is 1280. The first kappa shape index (κ1) is 19.6. The molecular formula is C23H18N4O5. The highest BCUT2D eigenvalue weighted by atomic mass is 16.6. The zero-order chi connectivity index (χ0) is 22.2. The van der Waals surface area contributed by atoms with Gasteiger partial charge in [0.2, 0.25) is 0 Å². The molecule has 0 aliphatic carbocycles. The minimum absolute atomic E-state index is 0.0153. The molecule has 1 atom stereocenters. The maximum Gasteiger partial charge on any atom is 0.273 e. The van der Waals surface area contributed by atoms with Gasteiger partial charge in [-0.25, -0.2) is 0 Å². The smallest absolute Gasteiger partial charge is 0.273 e. The molecule has 2 aromatic carbocycles. The fraction of sp³-hybridized carbons (Fsp3) is 0.130. The second kappa shape index (κ2) is 7.69. The van der Waals surface area contributed by atoms with Crippen LogP contribution in [0.4, 0.5) is 5.69 Å². The van der Waals surface area contributed by atoms with E-state index < -0.39 is 11.0 Å². The average molecular weight is 430 g/mol. The normalized spacial score (nSPS) is 15.1. The number of H-pyrrole nitrogens is 1. The van der Waals surface area contributed by atoms with E-state index >= 15 is 0 Å². The first-order valence-electron chi connectivity index (χ1n) is 9.87. The van der Waals surface area contributed by atoms with E-state index in [0.717, 1.165) is 16.7 Å². The summed E-state index contributed by atoms with van der Waals surface area (Å²) in [7, 11) is 1.59. The van der Waals surface area contributed by atoms with Crippen molar-refractivity contribution in [2.75, 3.05) is 7.11 Å². The molecule has 2 aromatic heterocycles. The van der Waals surface area contributed by atoms with E-state index in [1.54, 1.807) is 42.5 Å². The number of hydrogen-bond donors (Lipinski definition) is 1. The predicted octanol–water partition coefficient (Wildman–Crippen LogP) is 4.33.